The highest BCUT2D eigenvalue weighted by atomic mass is 16.8. The Balaban J connectivity index is 1.59. The second kappa shape index (κ2) is 17.6. The molecule has 0 bridgehead atoms. The minimum Gasteiger partial charge on any atom is -0.465 e. The van der Waals surface area contributed by atoms with E-state index in [1.807, 2.05) is 58.0 Å². The summed E-state index contributed by atoms with van der Waals surface area (Å²) in [5.41, 5.74) is 5.83. The van der Waals surface area contributed by atoms with Gasteiger partial charge in [-0.25, -0.2) is 14.4 Å². The fourth-order valence-electron chi connectivity index (χ4n) is 5.22. The molecule has 14 heteroatoms. The molecule has 0 spiro atoms. The Morgan fingerprint density at radius 1 is 1.02 bits per heavy atom. The quantitative estimate of drug-likeness (QED) is 0.108. The second-order valence-corrected chi connectivity index (χ2v) is 11.3. The third kappa shape index (κ3) is 9.27. The van der Waals surface area contributed by atoms with Gasteiger partial charge in [0.05, 0.1) is 52.2 Å². The van der Waals surface area contributed by atoms with Gasteiger partial charge in [-0.3, -0.25) is 24.0 Å². The predicted molar refractivity (Wildman–Crippen MR) is 194 cm³/mol. The Labute approximate surface area is 300 Å². The van der Waals surface area contributed by atoms with Crippen LogP contribution < -0.4 is 21.2 Å². The molecule has 0 amide bonds. The van der Waals surface area contributed by atoms with E-state index in [4.69, 9.17) is 23.5 Å². The highest BCUT2D eigenvalue weighted by molar-refractivity contribution is 6.13. The molecule has 0 aliphatic rings. The van der Waals surface area contributed by atoms with Crippen LogP contribution in [0.25, 0.3) is 23.3 Å². The minimum absolute atomic E-state index is 0.115. The average molecular weight is 711 g/mol. The first-order chi connectivity index (χ1) is 24.9. The maximum atomic E-state index is 13.6. The van der Waals surface area contributed by atoms with Crippen LogP contribution in [0.15, 0.2) is 70.5 Å². The molecule has 0 radical (unpaired) electrons. The van der Waals surface area contributed by atoms with Crippen LogP contribution in [0.3, 0.4) is 0 Å². The molecular formula is C38H42N6O8. The van der Waals surface area contributed by atoms with Gasteiger partial charge in [0, 0.05) is 12.5 Å². The van der Waals surface area contributed by atoms with Gasteiger partial charge in [-0.2, -0.15) is 4.98 Å². The van der Waals surface area contributed by atoms with Crippen LogP contribution in [-0.2, 0) is 32.2 Å². The number of carbonyl (C=O) groups excluding carboxylic acids is 2. The number of aromatic nitrogens is 6. The predicted octanol–water partition coefficient (Wildman–Crippen LogP) is 4.77. The van der Waals surface area contributed by atoms with Gasteiger partial charge in [-0.05, 0) is 64.3 Å². The topological polar surface area (TPSA) is 174 Å². The van der Waals surface area contributed by atoms with Crippen LogP contribution in [0.2, 0.25) is 0 Å². The molecule has 4 aromatic rings. The number of imidazole rings is 1. The van der Waals surface area contributed by atoms with Crippen LogP contribution in [0.1, 0.15) is 67.4 Å². The number of nitrogens with one attached hydrogen (secondary N) is 1. The van der Waals surface area contributed by atoms with Crippen LogP contribution >= 0.6 is 0 Å². The van der Waals surface area contributed by atoms with Gasteiger partial charge in [-0.1, -0.05) is 66.9 Å². The van der Waals surface area contributed by atoms with Crippen molar-refractivity contribution in [1.29, 1.82) is 0 Å². The highest BCUT2D eigenvalue weighted by Gasteiger charge is 2.22. The fraction of sp³-hybridized carbons (Fsp3) is 0.289. The van der Waals surface area contributed by atoms with Gasteiger partial charge in [0.25, 0.3) is 6.01 Å². The molecule has 52 heavy (non-hydrogen) atoms. The zero-order valence-corrected chi connectivity index (χ0v) is 30.3. The first-order valence-electron chi connectivity index (χ1n) is 16.5. The number of rotatable bonds is 14. The average Bonchev–Trinajstić information content (AvgIpc) is 3.66. The maximum absolute atomic E-state index is 13.6. The van der Waals surface area contributed by atoms with Crippen molar-refractivity contribution in [3.05, 3.63) is 122 Å². The van der Waals surface area contributed by atoms with Crippen molar-refractivity contribution < 1.29 is 33.1 Å². The van der Waals surface area contributed by atoms with Gasteiger partial charge >= 0.3 is 17.9 Å². The molecule has 0 aliphatic carbocycles. The first-order valence-corrected chi connectivity index (χ1v) is 16.5. The number of hydrogen-bond acceptors (Lipinski definition) is 12. The van der Waals surface area contributed by atoms with Gasteiger partial charge in [-0.15, -0.1) is 0 Å². The van der Waals surface area contributed by atoms with Crippen LogP contribution in [0.5, 0.6) is 6.01 Å². The van der Waals surface area contributed by atoms with E-state index in [2.05, 4.69) is 38.3 Å². The third-order valence-corrected chi connectivity index (χ3v) is 7.69. The highest BCUT2D eigenvalue weighted by Crippen LogP contribution is 2.29. The first kappa shape index (κ1) is 38.5. The summed E-state index contributed by atoms with van der Waals surface area (Å²) in [7, 11) is 0. The van der Waals surface area contributed by atoms with Gasteiger partial charge in [0.15, 0.2) is 5.82 Å². The molecule has 1 atom stereocenters. The van der Waals surface area contributed by atoms with Crippen molar-refractivity contribution in [2.45, 2.75) is 67.9 Å². The summed E-state index contributed by atoms with van der Waals surface area (Å²) in [6.07, 6.45) is 6.11. The third-order valence-electron chi connectivity index (χ3n) is 7.69. The van der Waals surface area contributed by atoms with Crippen LogP contribution in [0.4, 0.5) is 4.79 Å². The normalized spacial score (nSPS) is 13.1. The number of nitrogens with zero attached hydrogens (tertiary/aromatic N) is 5. The van der Waals surface area contributed by atoms with E-state index in [1.54, 1.807) is 42.7 Å². The number of aromatic amines is 1. The molecule has 3 heterocycles. The molecule has 1 aromatic carbocycles. The number of hydrogen-bond donors (Lipinski definition) is 1. The molecule has 0 saturated heterocycles. The largest absolute Gasteiger partial charge is 0.511 e. The Hall–Kier alpha value is -6.31. The van der Waals surface area contributed by atoms with Crippen molar-refractivity contribution in [3.63, 3.8) is 0 Å². The number of benzene rings is 1. The zero-order valence-electron chi connectivity index (χ0n) is 30.3. The molecule has 1 N–H and O–H groups in total. The summed E-state index contributed by atoms with van der Waals surface area (Å²) in [5.74, 6) is -1.19. The van der Waals surface area contributed by atoms with E-state index in [-0.39, 0.29) is 35.9 Å². The standard InChI is InChI=1S/C38H42N6O8/c1-10-14-30(34-42-37(46)52-43-34)29(12-3)28-18-16-27(17-19-28)20-44-33(25(8)41-36(44)48-13-4)31(15-11-2)35(45)50-26(9)51-38(47)49-21-32-24(7)39-22(5)23(6)40-32/h10-12,14-19,26H,1,8,13,20-21H2,2-7,9H3,(H,42,43,46)/b15-11-,29-12-,30-14+,33-31-. The van der Waals surface area contributed by atoms with Gasteiger partial charge in [0.2, 0.25) is 6.29 Å². The molecule has 0 saturated carbocycles. The second-order valence-electron chi connectivity index (χ2n) is 11.3. The van der Waals surface area contributed by atoms with Gasteiger partial charge in [0.1, 0.15) is 6.61 Å². The molecule has 0 aliphatic heterocycles. The smallest absolute Gasteiger partial charge is 0.465 e. The molecule has 1 unspecified atom stereocenters. The van der Waals surface area contributed by atoms with Crippen LogP contribution in [-0.4, -0.2) is 54.7 Å². The molecule has 14 nitrogen and oxygen atoms in total. The van der Waals surface area contributed by atoms with Gasteiger partial charge < -0.3 is 18.9 Å². The molecule has 3 aromatic heterocycles. The Morgan fingerprint density at radius 2 is 1.73 bits per heavy atom. The number of carbonyl (C=O) groups is 2. The number of esters is 1. The lowest BCUT2D eigenvalue weighted by Crippen LogP contribution is -2.35. The van der Waals surface area contributed by atoms with E-state index in [0.717, 1.165) is 28.1 Å². The van der Waals surface area contributed by atoms with Crippen molar-refractivity contribution in [1.82, 2.24) is 29.7 Å². The number of ether oxygens (including phenoxy) is 4. The van der Waals surface area contributed by atoms with Crippen molar-refractivity contribution in [2.24, 2.45) is 0 Å². The molecule has 272 valence electrons. The lowest BCUT2D eigenvalue weighted by atomic mass is 9.95. The maximum Gasteiger partial charge on any atom is 0.511 e. The summed E-state index contributed by atoms with van der Waals surface area (Å²) in [4.78, 5) is 53.6. The summed E-state index contributed by atoms with van der Waals surface area (Å²) in [6, 6.07) is 7.91. The Kier molecular flexibility index (Phi) is 13.0. The summed E-state index contributed by atoms with van der Waals surface area (Å²) < 4.78 is 28.2. The Morgan fingerprint density at radius 3 is 2.35 bits per heavy atom. The van der Waals surface area contributed by atoms with Crippen molar-refractivity contribution in [3.8, 4) is 6.01 Å². The van der Waals surface area contributed by atoms with E-state index < -0.39 is 24.2 Å². The number of allylic oxidation sites excluding steroid dienone is 6. The minimum atomic E-state index is -1.30. The SMILES string of the molecule is C=C/C=C(\C(=C/C)c1ccc(Cn2c(OCC)nc(=C)/c2=C(\C=C/C)C(=O)OC(C)OC(=O)OCc2nc(C)c(C)nc2C)cc1)c1noc(=O)[nH]1. The van der Waals surface area contributed by atoms with Crippen LogP contribution in [0, 0.1) is 20.8 Å². The molecule has 4 rings (SSSR count). The molecular weight excluding hydrogens is 668 g/mol. The van der Waals surface area contributed by atoms with E-state index >= 15 is 0 Å². The summed E-state index contributed by atoms with van der Waals surface area (Å²) >= 11 is 0. The number of H-pyrrole nitrogens is 1. The summed E-state index contributed by atoms with van der Waals surface area (Å²) in [5, 5.41) is 4.47. The lowest BCUT2D eigenvalue weighted by Gasteiger charge is -2.15. The zero-order chi connectivity index (χ0) is 37.9. The van der Waals surface area contributed by atoms with E-state index in [1.165, 1.54) is 6.92 Å². The van der Waals surface area contributed by atoms with Crippen molar-refractivity contribution >= 4 is 35.4 Å². The summed E-state index contributed by atoms with van der Waals surface area (Å²) in [6.45, 7) is 20.5. The monoisotopic (exact) mass is 710 g/mol. The fourth-order valence-corrected chi connectivity index (χ4v) is 5.22. The van der Waals surface area contributed by atoms with E-state index in [9.17, 15) is 14.4 Å². The lowest BCUT2D eigenvalue weighted by molar-refractivity contribution is -0.161. The molecule has 0 fully saturated rings. The number of aryl methyl sites for hydroxylation is 3. The van der Waals surface area contributed by atoms with E-state index in [0.29, 0.717) is 28.9 Å². The van der Waals surface area contributed by atoms with Crippen molar-refractivity contribution in [2.75, 3.05) is 6.61 Å². The Bertz CT molecular complexity index is 2210.